The van der Waals surface area contributed by atoms with Gasteiger partial charge in [0.15, 0.2) is 11.3 Å². The maximum Gasteiger partial charge on any atom is 0.352 e. The van der Waals surface area contributed by atoms with Crippen molar-refractivity contribution in [3.8, 4) is 10.4 Å². The second-order valence-corrected chi connectivity index (χ2v) is 26.3. The number of thiazole rings is 2. The summed E-state index contributed by atoms with van der Waals surface area (Å²) >= 11 is 2.76. The van der Waals surface area contributed by atoms with Crippen molar-refractivity contribution in [1.29, 1.82) is 0 Å². The van der Waals surface area contributed by atoms with Crippen LogP contribution in [0.1, 0.15) is 78.8 Å². The molecule has 11 nitrogen and oxygen atoms in total. The van der Waals surface area contributed by atoms with Crippen molar-refractivity contribution in [3.05, 3.63) is 23.5 Å². The number of amides is 1. The van der Waals surface area contributed by atoms with Gasteiger partial charge in [0.1, 0.15) is 11.4 Å². The molecule has 262 valence electrons. The van der Waals surface area contributed by atoms with Crippen LogP contribution in [-0.2, 0) is 0 Å². The van der Waals surface area contributed by atoms with E-state index >= 15 is 0 Å². The van der Waals surface area contributed by atoms with E-state index < -0.39 is 22.1 Å². The largest absolute Gasteiger partial charge is 0.477 e. The van der Waals surface area contributed by atoms with Crippen molar-refractivity contribution in [2.24, 2.45) is 5.73 Å². The number of fused-ring (bicyclic) bond motifs is 2. The fourth-order valence-corrected chi connectivity index (χ4v) is 20.8. The van der Waals surface area contributed by atoms with Gasteiger partial charge in [-0.25, -0.2) is 4.79 Å². The summed E-state index contributed by atoms with van der Waals surface area (Å²) < 4.78 is 11.8. The van der Waals surface area contributed by atoms with Crippen LogP contribution in [0.4, 0.5) is 0 Å². The monoisotopic (exact) mass is 730 g/mol. The molecule has 1 amide bonds. The lowest BCUT2D eigenvalue weighted by Crippen LogP contribution is -2.46. The number of aromatic amines is 2. The summed E-state index contributed by atoms with van der Waals surface area (Å²) in [5, 5.41) is 13.0. The average molecular weight is 731 g/mol. The summed E-state index contributed by atoms with van der Waals surface area (Å²) in [5.74, 6) is -0.977. The van der Waals surface area contributed by atoms with E-state index in [2.05, 4.69) is 25.3 Å². The first-order valence-corrected chi connectivity index (χ1v) is 24.8. The Morgan fingerprint density at radius 2 is 1.23 bits per heavy atom. The number of hydrogen-bond acceptors (Lipinski definition) is 9. The van der Waals surface area contributed by atoms with Crippen LogP contribution < -0.4 is 20.5 Å². The second-order valence-electron chi connectivity index (χ2n) is 14.3. The molecule has 6 N–H and O–H groups in total. The molecule has 0 aromatic carbocycles. The number of carbonyl (C=O) groups excluding carboxylic acids is 1. The average Bonchev–Trinajstić information content (AvgIpc) is 3.91. The van der Waals surface area contributed by atoms with E-state index in [-0.39, 0.29) is 11.6 Å². The summed E-state index contributed by atoms with van der Waals surface area (Å²) in [6, 6.07) is 16.6. The predicted molar refractivity (Wildman–Crippen MR) is 199 cm³/mol. The van der Waals surface area contributed by atoms with Gasteiger partial charge in [-0.05, 0) is 37.8 Å². The number of carboxylic acids is 1. The van der Waals surface area contributed by atoms with Crippen molar-refractivity contribution < 1.29 is 24.2 Å². The second kappa shape index (κ2) is 15.4. The Bertz CT molecular complexity index is 1610. The minimum absolute atomic E-state index is 0.00503. The highest BCUT2D eigenvalue weighted by Gasteiger charge is 2.39. The minimum Gasteiger partial charge on any atom is -0.477 e. The van der Waals surface area contributed by atoms with Crippen molar-refractivity contribution >= 4 is 71.4 Å². The maximum atomic E-state index is 12.5. The Morgan fingerprint density at radius 3 is 1.71 bits per heavy atom. The highest BCUT2D eigenvalue weighted by molar-refractivity contribution is 7.20. The van der Waals surface area contributed by atoms with Gasteiger partial charge in [0.25, 0.3) is 16.3 Å². The van der Waals surface area contributed by atoms with Crippen LogP contribution in [0, 0.1) is 0 Å². The number of carboxylic acid groups (broad SMARTS) is 1. The Balaban J connectivity index is 0.000000140. The third-order valence-corrected chi connectivity index (χ3v) is 24.2. The molecule has 0 radical (unpaired) electrons. The topological polar surface area (TPSA) is 168 Å². The van der Waals surface area contributed by atoms with Crippen molar-refractivity contribution in [2.45, 2.75) is 118 Å². The molecule has 4 fully saturated rings. The summed E-state index contributed by atoms with van der Waals surface area (Å²) in [5.41, 5.74) is 7.96. The van der Waals surface area contributed by atoms with Crippen LogP contribution >= 0.6 is 22.7 Å². The number of aromatic nitrogens is 4. The number of hydrogen-bond donors (Lipinski definition) is 5. The van der Waals surface area contributed by atoms with Gasteiger partial charge >= 0.3 is 5.97 Å². The van der Waals surface area contributed by atoms with Crippen molar-refractivity contribution in [1.82, 2.24) is 25.3 Å². The molecule has 4 aromatic heterocycles. The first kappa shape index (κ1) is 35.1. The van der Waals surface area contributed by atoms with E-state index in [4.69, 9.17) is 20.3 Å². The van der Waals surface area contributed by atoms with Gasteiger partial charge in [-0.3, -0.25) is 4.79 Å². The van der Waals surface area contributed by atoms with Gasteiger partial charge in [-0.1, -0.05) is 103 Å². The van der Waals surface area contributed by atoms with Crippen LogP contribution in [0.5, 0.6) is 10.4 Å². The van der Waals surface area contributed by atoms with E-state index in [1.54, 1.807) is 44.1 Å². The maximum absolute atomic E-state index is 12.5. The minimum atomic E-state index is -0.982. The summed E-state index contributed by atoms with van der Waals surface area (Å²) in [7, 11) is 1.54. The quantitative estimate of drug-likeness (QED) is 0.129. The number of nitrogens with one attached hydrogen (secondary N) is 3. The molecule has 8 heterocycles. The lowest BCUT2D eigenvalue weighted by atomic mass is 10.1. The molecule has 2 spiro atoms. The van der Waals surface area contributed by atoms with Crippen molar-refractivity contribution in [3.63, 3.8) is 0 Å². The zero-order valence-corrected chi connectivity index (χ0v) is 31.8. The Kier molecular flexibility index (Phi) is 11.3. The smallest absolute Gasteiger partial charge is 0.352 e. The molecule has 0 saturated carbocycles. The van der Waals surface area contributed by atoms with Crippen LogP contribution in [0.2, 0.25) is 48.4 Å². The highest BCUT2D eigenvalue weighted by Crippen LogP contribution is 2.42. The number of ether oxygens (including phenoxy) is 2. The van der Waals surface area contributed by atoms with Crippen LogP contribution in [0.3, 0.4) is 0 Å². The molecule has 4 saturated heterocycles. The molecule has 0 atom stereocenters. The predicted octanol–water partition coefficient (Wildman–Crippen LogP) is 7.84. The normalized spacial score (nSPS) is 21.8. The van der Waals surface area contributed by atoms with Gasteiger partial charge in [0, 0.05) is 12.1 Å². The number of nitrogens with zero attached hydrogens (tertiary/aromatic N) is 2. The van der Waals surface area contributed by atoms with E-state index in [0.29, 0.717) is 33.8 Å². The van der Waals surface area contributed by atoms with Gasteiger partial charge in [-0.2, -0.15) is 9.97 Å². The van der Waals surface area contributed by atoms with Gasteiger partial charge in [0.05, 0.1) is 39.8 Å². The number of H-pyrrole nitrogens is 2. The first-order chi connectivity index (χ1) is 23.2. The van der Waals surface area contributed by atoms with Crippen LogP contribution in [0.25, 0.3) is 20.7 Å². The third-order valence-electron chi connectivity index (χ3n) is 11.2. The number of nitrogens with two attached hydrogens (primary N) is 1. The lowest BCUT2D eigenvalue weighted by molar-refractivity contribution is 0.0691. The van der Waals surface area contributed by atoms with E-state index in [1.807, 2.05) is 6.07 Å². The molecule has 48 heavy (non-hydrogen) atoms. The Labute approximate surface area is 291 Å². The Morgan fingerprint density at radius 1 is 0.771 bits per heavy atom. The summed E-state index contributed by atoms with van der Waals surface area (Å²) in [4.78, 5) is 37.2. The molecule has 4 aliphatic heterocycles. The number of methoxy groups -OCH3 is 2. The molecule has 4 aromatic rings. The molecule has 0 bridgehead atoms. The number of aromatic carboxylic acids is 1. The van der Waals surface area contributed by atoms with E-state index in [9.17, 15) is 9.59 Å². The van der Waals surface area contributed by atoms with Gasteiger partial charge in [0.2, 0.25) is 0 Å². The van der Waals surface area contributed by atoms with E-state index in [1.165, 1.54) is 105 Å². The van der Waals surface area contributed by atoms with Gasteiger partial charge < -0.3 is 35.6 Å². The molecule has 8 rings (SSSR count). The fourth-order valence-electron chi connectivity index (χ4n) is 8.32. The van der Waals surface area contributed by atoms with Gasteiger partial charge in [-0.15, -0.1) is 0 Å². The molecule has 0 aliphatic carbocycles. The van der Waals surface area contributed by atoms with Crippen LogP contribution in [-0.4, -0.2) is 79.4 Å². The molecular weight excluding hydrogens is 681 g/mol. The standard InChI is InChI=1S/C17H25N3O2SSi.C9H19NSi.C7H6N2O3S/c1-22-17-20-15-14(23-17)11-13(19-15)16(21)18-12-5-9-24(10-6-12)7-3-2-4-8-24;10-9-3-7-11(8-4-9)5-1-2-6-11;1-12-7-9-5-4(13-7)2-3(8-5)6(10)11/h11-12,19H,2-10H2,1H3,(H,18,21);9H,1-8,10H2;2,8H,1H3,(H,10,11). The molecule has 0 unspecified atom stereocenters. The zero-order valence-electron chi connectivity index (χ0n) is 28.2. The SMILES string of the molecule is COc1nc2[nH]c(C(=O)NC3CC[Si]4(CCCCC4)CC3)cc2s1.COc1nc2[nH]c(C(=O)O)cc2s1.NC1CC[Si]2(CCCC2)CC1. The molecule has 15 heteroatoms. The zero-order chi connectivity index (χ0) is 33.7. The van der Waals surface area contributed by atoms with Crippen LogP contribution in [0.15, 0.2) is 12.1 Å². The number of rotatable bonds is 5. The summed E-state index contributed by atoms with van der Waals surface area (Å²) in [6.45, 7) is 0. The lowest BCUT2D eigenvalue weighted by Gasteiger charge is -2.41. The summed E-state index contributed by atoms with van der Waals surface area (Å²) in [6.07, 6.45) is 12.5. The molecule has 4 aliphatic rings. The van der Waals surface area contributed by atoms with Crippen molar-refractivity contribution in [2.75, 3.05) is 14.2 Å². The first-order valence-electron chi connectivity index (χ1n) is 17.6. The van der Waals surface area contributed by atoms with E-state index in [0.717, 1.165) is 15.0 Å². The Hall–Kier alpha value is -2.73. The number of carbonyl (C=O) groups is 2. The third kappa shape index (κ3) is 8.34. The highest BCUT2D eigenvalue weighted by atomic mass is 32.1. The molecular formula is C33H50N6O5S2Si2. The fraction of sp³-hybridized carbons (Fsp3) is 0.636.